The Balaban J connectivity index is 4.50. The van der Waals surface area contributed by atoms with Gasteiger partial charge in [-0.3, -0.25) is 0 Å². The summed E-state index contributed by atoms with van der Waals surface area (Å²) in [4.78, 5) is 0. The van der Waals surface area contributed by atoms with E-state index >= 15 is 0 Å². The number of hydrogen-bond donors (Lipinski definition) is 1. The summed E-state index contributed by atoms with van der Waals surface area (Å²) in [5.74, 6) is 1.30. The van der Waals surface area contributed by atoms with Crippen LogP contribution in [0.3, 0.4) is 0 Å². The Morgan fingerprint density at radius 1 is 1.12 bits per heavy atom. The standard InChI is InChI=1S/C16H31N/c1-11(2)12(3)10-13(4)17-15(6)14(5)16(7,8)9/h10-12,15,17H,5H2,1-4,6-9H3/b13-10-. The highest BCUT2D eigenvalue weighted by atomic mass is 14.9. The highest BCUT2D eigenvalue weighted by Crippen LogP contribution is 2.26. The van der Waals surface area contributed by atoms with Crippen LogP contribution in [0.5, 0.6) is 0 Å². The monoisotopic (exact) mass is 237 g/mol. The van der Waals surface area contributed by atoms with Gasteiger partial charge in [0.25, 0.3) is 0 Å². The molecule has 0 aromatic rings. The third kappa shape index (κ3) is 5.95. The molecule has 0 radical (unpaired) electrons. The van der Waals surface area contributed by atoms with Crippen LogP contribution in [0.25, 0.3) is 0 Å². The van der Waals surface area contributed by atoms with Gasteiger partial charge in [0, 0.05) is 11.7 Å². The molecule has 17 heavy (non-hydrogen) atoms. The van der Waals surface area contributed by atoms with Crippen LogP contribution in [0, 0.1) is 17.3 Å². The first kappa shape index (κ1) is 16.3. The Labute approximate surface area is 108 Å². The Hall–Kier alpha value is -0.720. The van der Waals surface area contributed by atoms with E-state index in [-0.39, 0.29) is 5.41 Å². The number of rotatable bonds is 5. The van der Waals surface area contributed by atoms with E-state index in [0.717, 1.165) is 0 Å². The van der Waals surface area contributed by atoms with E-state index in [1.54, 1.807) is 0 Å². The van der Waals surface area contributed by atoms with Gasteiger partial charge in [0.2, 0.25) is 0 Å². The number of nitrogens with one attached hydrogen (secondary N) is 1. The van der Waals surface area contributed by atoms with Gasteiger partial charge in [-0.1, -0.05) is 59.8 Å². The maximum absolute atomic E-state index is 4.20. The van der Waals surface area contributed by atoms with Crippen LogP contribution in [0.4, 0.5) is 0 Å². The van der Waals surface area contributed by atoms with Gasteiger partial charge in [-0.25, -0.2) is 0 Å². The zero-order chi connectivity index (χ0) is 13.8. The van der Waals surface area contributed by atoms with Gasteiger partial charge in [0.1, 0.15) is 0 Å². The van der Waals surface area contributed by atoms with Crippen LogP contribution in [-0.4, -0.2) is 6.04 Å². The lowest BCUT2D eigenvalue weighted by Crippen LogP contribution is -2.31. The minimum absolute atomic E-state index is 0.163. The van der Waals surface area contributed by atoms with Crippen molar-refractivity contribution >= 4 is 0 Å². The molecule has 1 N–H and O–H groups in total. The van der Waals surface area contributed by atoms with Crippen LogP contribution in [-0.2, 0) is 0 Å². The SMILES string of the molecule is C=C(C(C)N/C(C)=C\C(C)C(C)C)C(C)(C)C. The smallest absolute Gasteiger partial charge is 0.0444 e. The van der Waals surface area contributed by atoms with Gasteiger partial charge in [-0.2, -0.15) is 0 Å². The molecule has 1 nitrogen and oxygen atoms in total. The van der Waals surface area contributed by atoms with E-state index in [4.69, 9.17) is 0 Å². The van der Waals surface area contributed by atoms with Crippen molar-refractivity contribution in [3.8, 4) is 0 Å². The van der Waals surface area contributed by atoms with Crippen LogP contribution in [0.15, 0.2) is 23.9 Å². The first-order chi connectivity index (χ1) is 7.55. The molecule has 2 unspecified atom stereocenters. The van der Waals surface area contributed by atoms with Gasteiger partial charge >= 0.3 is 0 Å². The van der Waals surface area contributed by atoms with Crippen molar-refractivity contribution in [3.05, 3.63) is 23.9 Å². The summed E-state index contributed by atoms with van der Waals surface area (Å²) in [6, 6.07) is 0.325. The van der Waals surface area contributed by atoms with Gasteiger partial charge < -0.3 is 5.32 Å². The minimum Gasteiger partial charge on any atom is -0.383 e. The van der Waals surface area contributed by atoms with Crippen molar-refractivity contribution in [2.75, 3.05) is 0 Å². The molecular formula is C16H31N. The van der Waals surface area contributed by atoms with Crippen molar-refractivity contribution in [2.45, 2.75) is 61.4 Å². The Morgan fingerprint density at radius 3 is 1.94 bits per heavy atom. The quantitative estimate of drug-likeness (QED) is 0.680. The lowest BCUT2D eigenvalue weighted by atomic mass is 9.83. The molecule has 0 spiro atoms. The molecule has 1 heteroatoms. The van der Waals surface area contributed by atoms with Crippen LogP contribution < -0.4 is 5.32 Å². The zero-order valence-corrected chi connectivity index (χ0v) is 13.0. The Bertz CT molecular complexity index is 278. The summed E-state index contributed by atoms with van der Waals surface area (Å²) in [6.07, 6.45) is 2.32. The van der Waals surface area contributed by atoms with E-state index < -0.39 is 0 Å². The average molecular weight is 237 g/mol. The van der Waals surface area contributed by atoms with Gasteiger partial charge in [-0.05, 0) is 31.1 Å². The van der Waals surface area contributed by atoms with Crippen molar-refractivity contribution in [3.63, 3.8) is 0 Å². The lowest BCUT2D eigenvalue weighted by Gasteiger charge is -2.29. The summed E-state index contributed by atoms with van der Waals surface area (Å²) in [5, 5.41) is 3.53. The second kappa shape index (κ2) is 6.28. The molecule has 0 aromatic heterocycles. The molecule has 0 fully saturated rings. The maximum Gasteiger partial charge on any atom is 0.0444 e. The normalized spacial score (nSPS) is 16.9. The van der Waals surface area contributed by atoms with Crippen molar-refractivity contribution in [1.29, 1.82) is 0 Å². The van der Waals surface area contributed by atoms with E-state index in [0.29, 0.717) is 17.9 Å². The molecule has 0 rings (SSSR count). The predicted molar refractivity (Wildman–Crippen MR) is 79.0 cm³/mol. The number of hydrogen-bond acceptors (Lipinski definition) is 1. The molecule has 0 saturated carbocycles. The maximum atomic E-state index is 4.20. The fourth-order valence-electron chi connectivity index (χ4n) is 1.71. The molecular weight excluding hydrogens is 206 g/mol. The van der Waals surface area contributed by atoms with E-state index in [1.807, 2.05) is 0 Å². The molecule has 2 atom stereocenters. The first-order valence-corrected chi connectivity index (χ1v) is 6.70. The predicted octanol–water partition coefficient (Wildman–Crippen LogP) is 4.76. The molecule has 0 heterocycles. The van der Waals surface area contributed by atoms with Crippen LogP contribution in [0.1, 0.15) is 55.4 Å². The molecule has 0 aromatic carbocycles. The van der Waals surface area contributed by atoms with E-state index in [9.17, 15) is 0 Å². The van der Waals surface area contributed by atoms with Gasteiger partial charge in [0.05, 0.1) is 0 Å². The van der Waals surface area contributed by atoms with Crippen molar-refractivity contribution < 1.29 is 0 Å². The second-order valence-corrected chi connectivity index (χ2v) is 6.59. The summed E-state index contributed by atoms with van der Waals surface area (Å²) in [5.41, 5.74) is 2.67. The average Bonchev–Trinajstić information content (AvgIpc) is 2.14. The summed E-state index contributed by atoms with van der Waals surface area (Å²) in [6.45, 7) is 21.9. The molecule has 0 bridgehead atoms. The Kier molecular flexibility index (Phi) is 6.01. The first-order valence-electron chi connectivity index (χ1n) is 6.70. The molecule has 0 saturated heterocycles. The van der Waals surface area contributed by atoms with Gasteiger partial charge in [-0.15, -0.1) is 0 Å². The minimum atomic E-state index is 0.163. The fraction of sp³-hybridized carbons (Fsp3) is 0.750. The Morgan fingerprint density at radius 2 is 1.59 bits per heavy atom. The second-order valence-electron chi connectivity index (χ2n) is 6.59. The fourth-order valence-corrected chi connectivity index (χ4v) is 1.71. The molecule has 0 amide bonds. The number of allylic oxidation sites excluding steroid dienone is 2. The topological polar surface area (TPSA) is 12.0 Å². The van der Waals surface area contributed by atoms with Crippen LogP contribution in [0.2, 0.25) is 0 Å². The summed E-state index contributed by atoms with van der Waals surface area (Å²) in [7, 11) is 0. The van der Waals surface area contributed by atoms with Crippen LogP contribution >= 0.6 is 0 Å². The van der Waals surface area contributed by atoms with E-state index in [2.05, 4.69) is 73.4 Å². The van der Waals surface area contributed by atoms with E-state index in [1.165, 1.54) is 11.3 Å². The highest BCUT2D eigenvalue weighted by Gasteiger charge is 2.20. The largest absolute Gasteiger partial charge is 0.383 e. The molecule has 0 aliphatic rings. The third-order valence-corrected chi connectivity index (χ3v) is 3.49. The third-order valence-electron chi connectivity index (χ3n) is 3.49. The molecule has 0 aliphatic carbocycles. The summed E-state index contributed by atoms with van der Waals surface area (Å²) >= 11 is 0. The molecule has 0 aliphatic heterocycles. The lowest BCUT2D eigenvalue weighted by molar-refractivity contribution is 0.449. The zero-order valence-electron chi connectivity index (χ0n) is 13.0. The van der Waals surface area contributed by atoms with Gasteiger partial charge in [0.15, 0.2) is 0 Å². The van der Waals surface area contributed by atoms with Crippen molar-refractivity contribution in [1.82, 2.24) is 5.32 Å². The summed E-state index contributed by atoms with van der Waals surface area (Å²) < 4.78 is 0. The molecule has 100 valence electrons. The van der Waals surface area contributed by atoms with Crippen molar-refractivity contribution in [2.24, 2.45) is 17.3 Å². The highest BCUT2D eigenvalue weighted by molar-refractivity contribution is 5.15.